The van der Waals surface area contributed by atoms with Crippen LogP contribution in [0.1, 0.15) is 10.4 Å². The molecule has 112 valence electrons. The molecule has 0 saturated carbocycles. The number of ether oxygens (including phenoxy) is 2. The van der Waals surface area contributed by atoms with Crippen LogP contribution >= 0.6 is 0 Å². The first-order valence-electron chi connectivity index (χ1n) is 6.22. The summed E-state index contributed by atoms with van der Waals surface area (Å²) in [7, 11) is 0. The van der Waals surface area contributed by atoms with E-state index in [2.05, 4.69) is 0 Å². The summed E-state index contributed by atoms with van der Waals surface area (Å²) in [4.78, 5) is 32.6. The zero-order valence-electron chi connectivity index (χ0n) is 11.3. The number of nitrogens with zero attached hydrogens (tertiary/aromatic N) is 1. The van der Waals surface area contributed by atoms with Crippen LogP contribution in [0.5, 0.6) is 11.5 Å². The van der Waals surface area contributed by atoms with E-state index in [0.29, 0.717) is 12.0 Å². The molecule has 0 radical (unpaired) electrons. The fourth-order valence-corrected chi connectivity index (χ4v) is 1.65. The third kappa shape index (κ3) is 3.89. The van der Waals surface area contributed by atoms with E-state index in [4.69, 9.17) is 9.47 Å². The molecule has 0 aliphatic rings. The van der Waals surface area contributed by atoms with Crippen LogP contribution in [-0.2, 0) is 4.79 Å². The molecule has 0 fully saturated rings. The summed E-state index contributed by atoms with van der Waals surface area (Å²) in [6.45, 7) is -0.348. The van der Waals surface area contributed by atoms with E-state index in [1.54, 1.807) is 30.3 Å². The fraction of sp³-hybridized carbons (Fsp3) is 0.0667. The lowest BCUT2D eigenvalue weighted by Gasteiger charge is -2.08. The molecular weight excluding hydrogens is 290 g/mol. The molecular formula is C15H11NO6. The Bertz CT molecular complexity index is 698. The van der Waals surface area contributed by atoms with E-state index >= 15 is 0 Å². The molecule has 2 aromatic carbocycles. The van der Waals surface area contributed by atoms with Gasteiger partial charge in [0.25, 0.3) is 5.69 Å². The molecule has 0 spiro atoms. The van der Waals surface area contributed by atoms with E-state index in [1.807, 2.05) is 0 Å². The predicted molar refractivity (Wildman–Crippen MR) is 76.1 cm³/mol. The normalized spacial score (nSPS) is 9.82. The minimum atomic E-state index is -0.721. The van der Waals surface area contributed by atoms with Gasteiger partial charge in [-0.1, -0.05) is 18.2 Å². The van der Waals surface area contributed by atoms with Crippen molar-refractivity contribution in [3.8, 4) is 11.5 Å². The van der Waals surface area contributed by atoms with Crippen LogP contribution in [0, 0.1) is 10.1 Å². The van der Waals surface area contributed by atoms with Crippen LogP contribution < -0.4 is 9.47 Å². The number of esters is 1. The second kappa shape index (κ2) is 6.98. The topological polar surface area (TPSA) is 95.7 Å². The van der Waals surface area contributed by atoms with Crippen molar-refractivity contribution in [3.63, 3.8) is 0 Å². The van der Waals surface area contributed by atoms with Gasteiger partial charge in [0.05, 0.1) is 10.5 Å². The van der Waals surface area contributed by atoms with Crippen molar-refractivity contribution in [1.29, 1.82) is 0 Å². The lowest BCUT2D eigenvalue weighted by Crippen LogP contribution is -2.18. The van der Waals surface area contributed by atoms with Gasteiger partial charge < -0.3 is 9.47 Å². The van der Waals surface area contributed by atoms with Crippen LogP contribution in [0.4, 0.5) is 5.69 Å². The Labute approximate surface area is 125 Å². The maximum absolute atomic E-state index is 11.7. The molecule has 2 aromatic rings. The Morgan fingerprint density at radius 3 is 2.55 bits per heavy atom. The number of nitro benzene ring substituents is 1. The lowest BCUT2D eigenvalue weighted by atomic mass is 10.2. The van der Waals surface area contributed by atoms with E-state index in [9.17, 15) is 19.7 Å². The van der Waals surface area contributed by atoms with Gasteiger partial charge in [0.2, 0.25) is 0 Å². The van der Waals surface area contributed by atoms with Gasteiger partial charge >= 0.3 is 5.97 Å². The molecule has 0 N–H and O–H groups in total. The van der Waals surface area contributed by atoms with Crippen LogP contribution in [0.15, 0.2) is 48.5 Å². The Hall–Kier alpha value is -3.22. The number of carbonyl (C=O) groups excluding carboxylic acids is 2. The average molecular weight is 301 g/mol. The van der Waals surface area contributed by atoms with Gasteiger partial charge in [0, 0.05) is 12.1 Å². The third-order valence-corrected chi connectivity index (χ3v) is 2.65. The Morgan fingerprint density at radius 2 is 1.91 bits per heavy atom. The van der Waals surface area contributed by atoms with E-state index in [-0.39, 0.29) is 23.6 Å². The van der Waals surface area contributed by atoms with Gasteiger partial charge in [0.1, 0.15) is 11.5 Å². The van der Waals surface area contributed by atoms with Crippen molar-refractivity contribution >= 4 is 17.9 Å². The molecule has 7 heteroatoms. The number of aldehydes is 1. The first-order valence-corrected chi connectivity index (χ1v) is 6.22. The number of nitro groups is 1. The number of para-hydroxylation sites is 1. The fourth-order valence-electron chi connectivity index (χ4n) is 1.65. The highest BCUT2D eigenvalue weighted by atomic mass is 16.6. The Balaban J connectivity index is 2.02. The van der Waals surface area contributed by atoms with Crippen molar-refractivity contribution in [2.75, 3.05) is 6.61 Å². The van der Waals surface area contributed by atoms with E-state index in [1.165, 1.54) is 6.07 Å². The van der Waals surface area contributed by atoms with Crippen molar-refractivity contribution in [2.45, 2.75) is 0 Å². The highest BCUT2D eigenvalue weighted by molar-refractivity contribution is 5.83. The van der Waals surface area contributed by atoms with Gasteiger partial charge in [-0.3, -0.25) is 14.9 Å². The minimum absolute atomic E-state index is 0.0535. The van der Waals surface area contributed by atoms with Crippen LogP contribution in [-0.4, -0.2) is 23.8 Å². The summed E-state index contributed by atoms with van der Waals surface area (Å²) in [6.07, 6.45) is 0.383. The summed E-state index contributed by atoms with van der Waals surface area (Å²) in [5.41, 5.74) is -0.343. The van der Waals surface area contributed by atoms with Gasteiger partial charge in [-0.25, -0.2) is 4.79 Å². The van der Waals surface area contributed by atoms with E-state index in [0.717, 1.165) is 12.1 Å². The summed E-state index contributed by atoms with van der Waals surface area (Å²) in [5, 5.41) is 10.6. The smallest absolute Gasteiger partial charge is 0.349 e. The van der Waals surface area contributed by atoms with Gasteiger partial charge in [-0.15, -0.1) is 0 Å². The zero-order chi connectivity index (χ0) is 15.9. The molecule has 0 amide bonds. The summed E-state index contributed by atoms with van der Waals surface area (Å²) in [5.74, 6) is -0.276. The number of carbonyl (C=O) groups is 2. The largest absolute Gasteiger partial charge is 0.482 e. The van der Waals surface area contributed by atoms with Gasteiger partial charge in [-0.2, -0.15) is 0 Å². The average Bonchev–Trinajstić information content (AvgIpc) is 2.54. The second-order valence-corrected chi connectivity index (χ2v) is 4.17. The van der Waals surface area contributed by atoms with Crippen molar-refractivity contribution in [3.05, 3.63) is 64.2 Å². The van der Waals surface area contributed by atoms with E-state index < -0.39 is 10.9 Å². The van der Waals surface area contributed by atoms with Crippen LogP contribution in [0.3, 0.4) is 0 Å². The van der Waals surface area contributed by atoms with Crippen molar-refractivity contribution in [1.82, 2.24) is 0 Å². The lowest BCUT2D eigenvalue weighted by molar-refractivity contribution is -0.384. The minimum Gasteiger partial charge on any atom is -0.482 e. The molecule has 0 aliphatic carbocycles. The number of hydrogen-bond acceptors (Lipinski definition) is 6. The molecule has 0 heterocycles. The van der Waals surface area contributed by atoms with Crippen molar-refractivity contribution < 1.29 is 24.0 Å². The maximum atomic E-state index is 11.7. The van der Waals surface area contributed by atoms with Gasteiger partial charge in [-0.05, 0) is 18.2 Å². The molecule has 2 rings (SSSR count). The molecule has 0 aromatic heterocycles. The second-order valence-electron chi connectivity index (χ2n) is 4.17. The zero-order valence-corrected chi connectivity index (χ0v) is 11.3. The summed E-state index contributed by atoms with van der Waals surface area (Å²) in [6, 6.07) is 12.0. The van der Waals surface area contributed by atoms with Crippen LogP contribution in [0.2, 0.25) is 0 Å². The Kier molecular flexibility index (Phi) is 4.81. The SMILES string of the molecule is O=Cc1cc([N+](=O)[O-])ccc1OC(=O)COc1ccccc1. The number of rotatable bonds is 6. The standard InChI is InChI=1S/C15H11NO6/c17-9-11-8-12(16(19)20)6-7-14(11)22-15(18)10-21-13-4-2-1-3-5-13/h1-9H,10H2. The quantitative estimate of drug-likeness (QED) is 0.267. The number of non-ortho nitro benzene ring substituents is 1. The summed E-state index contributed by atoms with van der Waals surface area (Å²) >= 11 is 0. The molecule has 7 nitrogen and oxygen atoms in total. The monoisotopic (exact) mass is 301 g/mol. The summed E-state index contributed by atoms with van der Waals surface area (Å²) < 4.78 is 10.2. The van der Waals surface area contributed by atoms with Gasteiger partial charge in [0.15, 0.2) is 12.9 Å². The Morgan fingerprint density at radius 1 is 1.18 bits per heavy atom. The molecule has 0 saturated heterocycles. The molecule has 22 heavy (non-hydrogen) atoms. The predicted octanol–water partition coefficient (Wildman–Crippen LogP) is 2.39. The molecule has 0 aliphatic heterocycles. The first-order chi connectivity index (χ1) is 10.6. The van der Waals surface area contributed by atoms with Crippen LogP contribution in [0.25, 0.3) is 0 Å². The third-order valence-electron chi connectivity index (χ3n) is 2.65. The molecule has 0 bridgehead atoms. The highest BCUT2D eigenvalue weighted by Crippen LogP contribution is 2.23. The molecule has 0 atom stereocenters. The molecule has 0 unspecified atom stereocenters. The maximum Gasteiger partial charge on any atom is 0.349 e. The number of benzene rings is 2. The highest BCUT2D eigenvalue weighted by Gasteiger charge is 2.14. The van der Waals surface area contributed by atoms with Crippen molar-refractivity contribution in [2.24, 2.45) is 0 Å². The number of hydrogen-bond donors (Lipinski definition) is 0. The first kappa shape index (κ1) is 15.2.